The number of fused-ring (bicyclic) bond motifs is 1. The molecule has 1 aromatic heterocycles. The minimum Gasteiger partial charge on any atom is -0.493 e. The molecular weight excluding hydrogens is 441 g/mol. The molecule has 3 aromatic rings. The van der Waals surface area contributed by atoms with Crippen LogP contribution in [-0.4, -0.2) is 36.2 Å². The lowest BCUT2D eigenvalue weighted by molar-refractivity contribution is -0.121. The Morgan fingerprint density at radius 2 is 1.87 bits per heavy atom. The number of nitrogens with zero attached hydrogens (tertiary/aromatic N) is 2. The largest absolute Gasteiger partial charge is 0.493 e. The molecule has 7 nitrogen and oxygen atoms in total. The van der Waals surface area contributed by atoms with Gasteiger partial charge < -0.3 is 14.8 Å². The summed E-state index contributed by atoms with van der Waals surface area (Å²) in [6, 6.07) is 8.59. The maximum Gasteiger partial charge on any atom is 0.261 e. The Labute approximate surface area is 189 Å². The lowest BCUT2D eigenvalue weighted by Gasteiger charge is -2.11. The average Bonchev–Trinajstić information content (AvgIpc) is 2.76. The van der Waals surface area contributed by atoms with Gasteiger partial charge in [0.2, 0.25) is 5.91 Å². The second kappa shape index (κ2) is 10.5. The number of carbonyl (C=O) groups excluding carboxylic acids is 1. The summed E-state index contributed by atoms with van der Waals surface area (Å²) in [5.41, 5.74) is 1.26. The number of carbonyl (C=O) groups is 1. The summed E-state index contributed by atoms with van der Waals surface area (Å²) in [7, 11) is 3.04. The van der Waals surface area contributed by atoms with Gasteiger partial charge in [-0.15, -0.1) is 0 Å². The first-order valence-corrected chi connectivity index (χ1v) is 10.5. The molecule has 3 rings (SSSR count). The molecule has 0 spiro atoms. The first-order chi connectivity index (χ1) is 14.9. The lowest BCUT2D eigenvalue weighted by Crippen LogP contribution is -2.26. The van der Waals surface area contributed by atoms with E-state index in [1.807, 2.05) is 6.07 Å². The third kappa shape index (κ3) is 5.68. The van der Waals surface area contributed by atoms with Crippen molar-refractivity contribution in [3.8, 4) is 11.5 Å². The lowest BCUT2D eigenvalue weighted by atomic mass is 10.1. The van der Waals surface area contributed by atoms with Gasteiger partial charge in [-0.2, -0.15) is 0 Å². The van der Waals surface area contributed by atoms with Gasteiger partial charge in [0.15, 0.2) is 11.5 Å². The predicted octanol–water partition coefficient (Wildman–Crippen LogP) is 3.86. The van der Waals surface area contributed by atoms with Gasteiger partial charge in [-0.25, -0.2) is 4.98 Å². The second-order valence-electron chi connectivity index (χ2n) is 6.91. The number of aryl methyl sites for hydroxylation is 1. The standard InChI is InChI=1S/C22H23Cl2N3O4/c1-30-19-11-16-18(12-20(19)31-2)26-13-27(22(16)29)9-3-4-21(28)25-8-7-14-5-6-15(23)10-17(14)24/h5-6,10-13H,3-4,7-9H2,1-2H3,(H,25,28). The number of ether oxygens (including phenoxy) is 2. The van der Waals surface area contributed by atoms with Crippen LogP contribution in [0.4, 0.5) is 0 Å². The smallest absolute Gasteiger partial charge is 0.261 e. The Kier molecular flexibility index (Phi) is 7.76. The van der Waals surface area contributed by atoms with E-state index in [-0.39, 0.29) is 11.5 Å². The first kappa shape index (κ1) is 22.9. The molecule has 0 atom stereocenters. The Balaban J connectivity index is 1.54. The molecule has 2 aromatic carbocycles. The van der Waals surface area contributed by atoms with Crippen LogP contribution in [0.25, 0.3) is 10.9 Å². The first-order valence-electron chi connectivity index (χ1n) is 9.74. The molecule has 164 valence electrons. The van der Waals surface area contributed by atoms with Crippen molar-refractivity contribution in [2.45, 2.75) is 25.8 Å². The highest BCUT2D eigenvalue weighted by Crippen LogP contribution is 2.29. The van der Waals surface area contributed by atoms with E-state index >= 15 is 0 Å². The van der Waals surface area contributed by atoms with Gasteiger partial charge in [-0.3, -0.25) is 14.2 Å². The highest BCUT2D eigenvalue weighted by atomic mass is 35.5. The Hall–Kier alpha value is -2.77. The highest BCUT2D eigenvalue weighted by Gasteiger charge is 2.11. The van der Waals surface area contributed by atoms with E-state index < -0.39 is 0 Å². The molecule has 0 aliphatic carbocycles. The van der Waals surface area contributed by atoms with E-state index in [1.54, 1.807) is 24.3 Å². The fourth-order valence-electron chi connectivity index (χ4n) is 3.20. The number of benzene rings is 2. The van der Waals surface area contributed by atoms with Crippen LogP contribution in [0.5, 0.6) is 11.5 Å². The second-order valence-corrected chi connectivity index (χ2v) is 7.75. The number of aromatic nitrogens is 2. The van der Waals surface area contributed by atoms with Crippen molar-refractivity contribution >= 4 is 40.0 Å². The van der Waals surface area contributed by atoms with Gasteiger partial charge in [0.1, 0.15) is 0 Å². The van der Waals surface area contributed by atoms with Crippen molar-refractivity contribution in [3.05, 3.63) is 62.6 Å². The number of rotatable bonds is 9. The van der Waals surface area contributed by atoms with Crippen molar-refractivity contribution in [2.75, 3.05) is 20.8 Å². The van der Waals surface area contributed by atoms with E-state index in [9.17, 15) is 9.59 Å². The van der Waals surface area contributed by atoms with Gasteiger partial charge in [-0.1, -0.05) is 29.3 Å². The van der Waals surface area contributed by atoms with E-state index in [4.69, 9.17) is 32.7 Å². The van der Waals surface area contributed by atoms with Crippen molar-refractivity contribution in [3.63, 3.8) is 0 Å². The van der Waals surface area contributed by atoms with Crippen LogP contribution in [0.2, 0.25) is 10.0 Å². The fraction of sp³-hybridized carbons (Fsp3) is 0.318. The maximum atomic E-state index is 12.8. The molecular formula is C22H23Cl2N3O4. The molecule has 0 radical (unpaired) electrons. The van der Waals surface area contributed by atoms with E-state index in [0.717, 1.165) is 5.56 Å². The summed E-state index contributed by atoms with van der Waals surface area (Å²) < 4.78 is 12.0. The topological polar surface area (TPSA) is 82.5 Å². The van der Waals surface area contributed by atoms with Crippen LogP contribution in [0.1, 0.15) is 18.4 Å². The number of hydrogen-bond donors (Lipinski definition) is 1. The average molecular weight is 464 g/mol. The number of methoxy groups -OCH3 is 2. The monoisotopic (exact) mass is 463 g/mol. The summed E-state index contributed by atoms with van der Waals surface area (Å²) in [6.07, 6.45) is 2.90. The molecule has 0 aliphatic heterocycles. The van der Waals surface area contributed by atoms with Gasteiger partial charge >= 0.3 is 0 Å². The fourth-order valence-corrected chi connectivity index (χ4v) is 3.71. The number of hydrogen-bond acceptors (Lipinski definition) is 5. The third-order valence-corrected chi connectivity index (χ3v) is 5.45. The normalized spacial score (nSPS) is 10.8. The van der Waals surface area contributed by atoms with Crippen molar-refractivity contribution < 1.29 is 14.3 Å². The molecule has 0 saturated carbocycles. The highest BCUT2D eigenvalue weighted by molar-refractivity contribution is 6.35. The van der Waals surface area contributed by atoms with Gasteiger partial charge in [0.05, 0.1) is 31.4 Å². The predicted molar refractivity (Wildman–Crippen MR) is 122 cm³/mol. The minimum absolute atomic E-state index is 0.0849. The van der Waals surface area contributed by atoms with Crippen LogP contribution >= 0.6 is 23.2 Å². The van der Waals surface area contributed by atoms with Crippen LogP contribution in [-0.2, 0) is 17.8 Å². The molecule has 0 aliphatic rings. The quantitative estimate of drug-likeness (QED) is 0.520. The molecule has 0 unspecified atom stereocenters. The van der Waals surface area contributed by atoms with Crippen molar-refractivity contribution in [1.29, 1.82) is 0 Å². The number of halogens is 2. The van der Waals surface area contributed by atoms with Crippen molar-refractivity contribution in [2.24, 2.45) is 0 Å². The zero-order chi connectivity index (χ0) is 22.4. The van der Waals surface area contributed by atoms with Gasteiger partial charge in [-0.05, 0) is 36.6 Å². The van der Waals surface area contributed by atoms with E-state index in [0.29, 0.717) is 64.8 Å². The van der Waals surface area contributed by atoms with Crippen LogP contribution in [0.3, 0.4) is 0 Å². The molecule has 0 bridgehead atoms. The van der Waals surface area contributed by atoms with Crippen LogP contribution in [0, 0.1) is 0 Å². The molecule has 9 heteroatoms. The Bertz CT molecular complexity index is 1150. The van der Waals surface area contributed by atoms with Crippen LogP contribution in [0.15, 0.2) is 41.5 Å². The minimum atomic E-state index is -0.191. The van der Waals surface area contributed by atoms with E-state index in [1.165, 1.54) is 25.1 Å². The Morgan fingerprint density at radius 3 is 2.58 bits per heavy atom. The third-order valence-electron chi connectivity index (χ3n) is 4.86. The van der Waals surface area contributed by atoms with Gasteiger partial charge in [0.25, 0.3) is 5.56 Å². The zero-order valence-electron chi connectivity index (χ0n) is 17.3. The summed E-state index contributed by atoms with van der Waals surface area (Å²) in [5, 5.41) is 4.46. The summed E-state index contributed by atoms with van der Waals surface area (Å²) in [4.78, 5) is 29.2. The summed E-state index contributed by atoms with van der Waals surface area (Å²) in [5.74, 6) is 0.890. The molecule has 31 heavy (non-hydrogen) atoms. The summed E-state index contributed by atoms with van der Waals surface area (Å²) in [6.45, 7) is 0.853. The molecule has 0 saturated heterocycles. The number of nitrogens with one attached hydrogen (secondary N) is 1. The van der Waals surface area contributed by atoms with Gasteiger partial charge in [0, 0.05) is 35.6 Å². The molecule has 1 heterocycles. The zero-order valence-corrected chi connectivity index (χ0v) is 18.8. The SMILES string of the molecule is COc1cc2ncn(CCCC(=O)NCCc3ccc(Cl)cc3Cl)c(=O)c2cc1OC. The van der Waals surface area contributed by atoms with Crippen LogP contribution < -0.4 is 20.3 Å². The van der Waals surface area contributed by atoms with E-state index in [2.05, 4.69) is 10.3 Å². The molecule has 1 amide bonds. The number of amides is 1. The Morgan fingerprint density at radius 1 is 1.13 bits per heavy atom. The molecule has 1 N–H and O–H groups in total. The molecule has 0 fully saturated rings. The summed E-state index contributed by atoms with van der Waals surface area (Å²) >= 11 is 12.0. The maximum absolute atomic E-state index is 12.8. The van der Waals surface area contributed by atoms with Crippen molar-refractivity contribution in [1.82, 2.24) is 14.9 Å².